The number of sulfone groups is 1. The van der Waals surface area contributed by atoms with Crippen LogP contribution in [0.15, 0.2) is 166 Å². The van der Waals surface area contributed by atoms with Gasteiger partial charge in [-0.05, 0) is 55.5 Å². The molecule has 0 aliphatic carbocycles. The minimum atomic E-state index is -3.79. The van der Waals surface area contributed by atoms with E-state index in [0.717, 1.165) is 38.3 Å². The van der Waals surface area contributed by atoms with Gasteiger partial charge in [0.15, 0.2) is 27.4 Å². The topological polar surface area (TPSA) is 168 Å². The molecule has 4 aromatic rings. The molecule has 2 unspecified atom stereocenters. The number of aliphatic hydroxyl groups excluding tert-OH is 2. The summed E-state index contributed by atoms with van der Waals surface area (Å²) in [5.41, 5.74) is 5.97. The summed E-state index contributed by atoms with van der Waals surface area (Å²) in [4.78, 5) is 54.7. The molecule has 326 valence electrons. The number of hydrogen-bond acceptors (Lipinski definition) is 11. The van der Waals surface area contributed by atoms with Crippen LogP contribution in [0, 0.1) is 88.1 Å². The van der Waals surface area contributed by atoms with Crippen LogP contribution < -0.4 is 0 Å². The van der Waals surface area contributed by atoms with Crippen LogP contribution in [0.1, 0.15) is 62.2 Å². The van der Waals surface area contributed by atoms with Gasteiger partial charge in [-0.15, -0.1) is 11.8 Å². The molecule has 0 spiro atoms. The van der Waals surface area contributed by atoms with Gasteiger partial charge in [-0.3, -0.25) is 19.4 Å². The van der Waals surface area contributed by atoms with Gasteiger partial charge in [-0.1, -0.05) is 132 Å². The van der Waals surface area contributed by atoms with E-state index in [9.17, 15) is 37.8 Å². The van der Waals surface area contributed by atoms with Crippen molar-refractivity contribution < 1.29 is 135 Å². The maximum atomic E-state index is 13.4. The monoisotopic (exact) mass is 1330 g/mol. The van der Waals surface area contributed by atoms with Crippen LogP contribution in [-0.4, -0.2) is 87.7 Å². The van der Waals surface area contributed by atoms with E-state index < -0.39 is 57.6 Å². The maximum absolute atomic E-state index is 13.4. The molecule has 4 heterocycles. The summed E-state index contributed by atoms with van der Waals surface area (Å²) < 4.78 is 37.4. The van der Waals surface area contributed by atoms with Crippen LogP contribution in [0.2, 0.25) is 0 Å². The van der Waals surface area contributed by atoms with E-state index in [0.29, 0.717) is 16.9 Å². The molecule has 0 aromatic heterocycles. The molecule has 4 aliphatic heterocycles. The Hall–Kier alpha value is -3.18. The Morgan fingerprint density at radius 1 is 0.609 bits per heavy atom. The van der Waals surface area contributed by atoms with E-state index >= 15 is 0 Å². The number of rotatable bonds is 10. The van der Waals surface area contributed by atoms with Crippen LogP contribution in [0.4, 0.5) is 0 Å². The van der Waals surface area contributed by atoms with Gasteiger partial charge in [0.25, 0.3) is 11.8 Å². The summed E-state index contributed by atoms with van der Waals surface area (Å²) in [5, 5.41) is 18.2. The Kier molecular flexibility index (Phi) is 18.2. The van der Waals surface area contributed by atoms with E-state index in [-0.39, 0.29) is 129 Å². The molecule has 64 heavy (non-hydrogen) atoms. The molecule has 8 rings (SSSR count). The summed E-state index contributed by atoms with van der Waals surface area (Å²) in [5.74, 6) is -2.24. The second kappa shape index (κ2) is 22.5. The van der Waals surface area contributed by atoms with Gasteiger partial charge in [-0.2, -0.15) is 0 Å². The number of hydrogen-bond donors (Lipinski definition) is 2. The number of carbonyl (C=O) groups is 4. The summed E-state index contributed by atoms with van der Waals surface area (Å²) in [7, 11) is -3.79. The number of aliphatic hydroxyl groups is 2. The number of nitrogens with zero attached hydrogens (tertiary/aromatic N) is 2. The fourth-order valence-corrected chi connectivity index (χ4v) is 11.4. The molecule has 2 N–H and O–H groups in total. The van der Waals surface area contributed by atoms with Crippen molar-refractivity contribution in [2.45, 2.75) is 50.7 Å². The van der Waals surface area contributed by atoms with Crippen molar-refractivity contribution in [3.63, 3.8) is 0 Å². The van der Waals surface area contributed by atoms with Gasteiger partial charge in [0, 0.05) is 105 Å². The number of ether oxygens (including phenoxy) is 2. The summed E-state index contributed by atoms with van der Waals surface area (Å²) >= 11 is 1.54. The smallest absolute Gasteiger partial charge is 0.356 e. The van der Waals surface area contributed by atoms with E-state index in [2.05, 4.69) is 0 Å². The van der Waals surface area contributed by atoms with Crippen LogP contribution in [0.5, 0.6) is 0 Å². The number of esters is 2. The number of benzene rings is 4. The minimum absolute atomic E-state index is 0. The quantitative estimate of drug-likeness (QED) is 0.104. The molecule has 4 aliphatic rings. The van der Waals surface area contributed by atoms with Gasteiger partial charge in [-0.25, -0.2) is 18.0 Å². The summed E-state index contributed by atoms with van der Waals surface area (Å²) in [6.45, 7) is 6.14. The molecule has 2 radical (unpaired) electrons. The second-order valence-electron chi connectivity index (χ2n) is 15.4. The molecule has 2 fully saturated rings. The van der Waals surface area contributed by atoms with Crippen molar-refractivity contribution in [1.82, 2.24) is 9.80 Å². The molecule has 2 atom stereocenters. The predicted molar refractivity (Wildman–Crippen MR) is 234 cm³/mol. The van der Waals surface area contributed by atoms with Crippen molar-refractivity contribution in [3.05, 3.63) is 188 Å². The summed E-state index contributed by atoms with van der Waals surface area (Å²) in [6, 6.07) is 37.2. The third-order valence-corrected chi connectivity index (χ3v) is 14.0. The zero-order chi connectivity index (χ0) is 44.3. The molecule has 0 bridgehead atoms. The van der Waals surface area contributed by atoms with Gasteiger partial charge in [0.05, 0.1) is 24.5 Å². The standard InChI is InChI=1S/C24H23NO6S.C24H23NO4S.2Ac/c1-15(2)19-22(27)25-20(18(13-26)14-32(29,30)23(19)25)24(28)31-21(16-9-5-3-6-10-16)17-11-7-4-8-12-17;1-15(2)19-22(27)25-20(18(13-26)14-30-23(19)25)24(28)29-21(16-9-5-3-6-10-16)17-11-7-4-8-12-17;;/h3-12,21,23,26H,13-14H2,1-2H3;3-12,21,23,26H,13-14H2,1-2H3;;. The van der Waals surface area contributed by atoms with Crippen molar-refractivity contribution >= 4 is 45.4 Å². The van der Waals surface area contributed by atoms with Crippen LogP contribution in [0.3, 0.4) is 0 Å². The number of allylic oxidation sites excluding steroid dienone is 2. The molecule has 4 aromatic carbocycles. The first kappa shape index (κ1) is 51.8. The van der Waals surface area contributed by atoms with Crippen molar-refractivity contribution in [1.29, 1.82) is 0 Å². The first-order chi connectivity index (χ1) is 29.8. The Morgan fingerprint density at radius 3 is 1.33 bits per heavy atom. The Labute approximate surface area is 448 Å². The van der Waals surface area contributed by atoms with Gasteiger partial charge in [0.1, 0.15) is 16.8 Å². The van der Waals surface area contributed by atoms with Gasteiger partial charge < -0.3 is 19.7 Å². The molecular formula is C48H46Ac2N2O10S2. The first-order valence-corrected chi connectivity index (χ1v) is 22.7. The van der Waals surface area contributed by atoms with E-state index in [1.54, 1.807) is 25.6 Å². The number of thioether (sulfide) groups is 1. The molecule has 12 nitrogen and oxygen atoms in total. The minimum Gasteiger partial charge on any atom is -0.448 e. The fourth-order valence-electron chi connectivity index (χ4n) is 7.87. The number of fused-ring (bicyclic) bond motifs is 2. The fraction of sp³-hybridized carbons (Fsp3) is 0.250. The number of carbonyl (C=O) groups excluding carboxylic acids is 4. The Morgan fingerprint density at radius 2 is 0.969 bits per heavy atom. The van der Waals surface area contributed by atoms with Crippen LogP contribution in [-0.2, 0) is 38.5 Å². The maximum Gasteiger partial charge on any atom is 0.356 e. The summed E-state index contributed by atoms with van der Waals surface area (Å²) in [6.07, 6.45) is -1.38. The molecule has 16 heteroatoms. The molecule has 2 amide bonds. The molecule has 0 saturated carbocycles. The predicted octanol–water partition coefficient (Wildman–Crippen LogP) is 6.32. The average Bonchev–Trinajstić information content (AvgIpc) is 3.27. The van der Waals surface area contributed by atoms with E-state index in [1.807, 2.05) is 135 Å². The van der Waals surface area contributed by atoms with E-state index in [4.69, 9.17) is 9.47 Å². The largest absolute Gasteiger partial charge is 0.448 e. The zero-order valence-corrected chi connectivity index (χ0v) is 46.8. The van der Waals surface area contributed by atoms with Crippen molar-refractivity contribution in [2.24, 2.45) is 0 Å². The number of β-lactam (4-membered cyclic amide) rings is 2. The third kappa shape index (κ3) is 10.5. The SMILES string of the molecule is CC(C)=C1C(=O)N2C(C(=O)OC(c3ccccc3)c3ccccc3)=C(CO)CS(=O)(=O)C12.CC(C)=C1C(=O)N2C(C(=O)OC(c3ccccc3)c3ccccc3)=C(CO)CSC12.[Ac].[Ac]. The van der Waals surface area contributed by atoms with Gasteiger partial charge >= 0.3 is 11.9 Å². The normalized spacial score (nSPS) is 18.3. The average molecular weight is 1330 g/mol. The first-order valence-electron chi connectivity index (χ1n) is 19.9. The van der Waals surface area contributed by atoms with Gasteiger partial charge in [0.2, 0.25) is 0 Å². The van der Waals surface area contributed by atoms with Crippen molar-refractivity contribution in [2.75, 3.05) is 24.7 Å². The number of amides is 2. The van der Waals surface area contributed by atoms with E-state index in [1.165, 1.54) is 4.90 Å². The van der Waals surface area contributed by atoms with Crippen LogP contribution >= 0.6 is 11.8 Å². The zero-order valence-electron chi connectivity index (χ0n) is 35.7. The molecular weight excluding hydrogens is 1280 g/mol. The second-order valence-corrected chi connectivity index (χ2v) is 18.6. The van der Waals surface area contributed by atoms with Crippen molar-refractivity contribution in [3.8, 4) is 0 Å². The third-order valence-electron chi connectivity index (χ3n) is 10.8. The Bertz CT molecular complexity index is 2550. The van der Waals surface area contributed by atoms with Crippen LogP contribution in [0.25, 0.3) is 0 Å². The molecule has 2 saturated heterocycles. The Balaban J connectivity index is 0.000000234.